The monoisotopic (exact) mass is 320 g/mol. The molecule has 0 bridgehead atoms. The molecule has 0 saturated heterocycles. The molecular formula is C9H9BrN2O4S. The molecule has 0 aromatic carbocycles. The summed E-state index contributed by atoms with van der Waals surface area (Å²) < 4.78 is 33.3. The lowest BCUT2D eigenvalue weighted by atomic mass is 10.4. The van der Waals surface area contributed by atoms with Gasteiger partial charge in [-0.25, -0.2) is 8.42 Å². The van der Waals surface area contributed by atoms with Gasteiger partial charge in [0, 0.05) is 6.26 Å². The minimum atomic E-state index is -3.26. The standard InChI is InChI=1S/C9H9BrN2O4S/c1-5(17(2,13)14)9-11-8(12-16-9)6-3-4-7(10)15-6/h3-5H,1-2H3/t5-/m0/s1. The minimum Gasteiger partial charge on any atom is -0.446 e. The predicted octanol–water partition coefficient (Wildman–Crippen LogP) is 2.20. The van der Waals surface area contributed by atoms with Crippen LogP contribution in [0.3, 0.4) is 0 Å². The van der Waals surface area contributed by atoms with E-state index in [1.54, 1.807) is 12.1 Å². The Kier molecular flexibility index (Phi) is 3.09. The van der Waals surface area contributed by atoms with Crippen molar-refractivity contribution in [2.75, 3.05) is 6.26 Å². The van der Waals surface area contributed by atoms with Crippen LogP contribution in [-0.2, 0) is 9.84 Å². The predicted molar refractivity (Wildman–Crippen MR) is 63.0 cm³/mol. The van der Waals surface area contributed by atoms with Crippen LogP contribution in [0.5, 0.6) is 0 Å². The third-order valence-corrected chi connectivity index (χ3v) is 4.14. The molecule has 0 amide bonds. The van der Waals surface area contributed by atoms with Gasteiger partial charge in [0.1, 0.15) is 5.25 Å². The van der Waals surface area contributed by atoms with Crippen molar-refractivity contribution in [2.45, 2.75) is 12.2 Å². The van der Waals surface area contributed by atoms with Gasteiger partial charge >= 0.3 is 0 Å². The maximum Gasteiger partial charge on any atom is 0.245 e. The smallest absolute Gasteiger partial charge is 0.245 e. The molecule has 2 rings (SSSR count). The lowest BCUT2D eigenvalue weighted by molar-refractivity contribution is 0.376. The van der Waals surface area contributed by atoms with Crippen LogP contribution >= 0.6 is 15.9 Å². The maximum absolute atomic E-state index is 11.3. The fourth-order valence-corrected chi connectivity index (χ4v) is 1.89. The minimum absolute atomic E-state index is 0.0509. The van der Waals surface area contributed by atoms with Gasteiger partial charge in [-0.1, -0.05) is 5.16 Å². The maximum atomic E-state index is 11.3. The van der Waals surface area contributed by atoms with E-state index in [1.165, 1.54) is 6.92 Å². The van der Waals surface area contributed by atoms with E-state index in [-0.39, 0.29) is 11.7 Å². The first kappa shape index (κ1) is 12.3. The number of rotatable bonds is 3. The van der Waals surface area contributed by atoms with Crippen molar-refractivity contribution in [3.05, 3.63) is 22.7 Å². The van der Waals surface area contributed by atoms with Crippen LogP contribution in [0.2, 0.25) is 0 Å². The first-order valence-electron chi connectivity index (χ1n) is 4.66. The highest BCUT2D eigenvalue weighted by Gasteiger charge is 2.24. The van der Waals surface area contributed by atoms with E-state index in [9.17, 15) is 8.42 Å². The summed E-state index contributed by atoms with van der Waals surface area (Å²) in [4.78, 5) is 3.99. The molecule has 0 N–H and O–H groups in total. The van der Waals surface area contributed by atoms with Crippen LogP contribution in [-0.4, -0.2) is 24.8 Å². The van der Waals surface area contributed by atoms with Gasteiger partial charge in [-0.05, 0) is 35.0 Å². The highest BCUT2D eigenvalue weighted by molar-refractivity contribution is 9.10. The second kappa shape index (κ2) is 4.26. The third-order valence-electron chi connectivity index (χ3n) is 2.23. The molecule has 17 heavy (non-hydrogen) atoms. The van der Waals surface area contributed by atoms with Crippen LogP contribution in [0, 0.1) is 0 Å². The molecule has 0 aliphatic carbocycles. The van der Waals surface area contributed by atoms with Gasteiger partial charge in [0.15, 0.2) is 20.3 Å². The highest BCUT2D eigenvalue weighted by atomic mass is 79.9. The molecule has 0 saturated carbocycles. The number of nitrogens with zero attached hydrogens (tertiary/aromatic N) is 2. The number of sulfone groups is 1. The summed E-state index contributed by atoms with van der Waals surface area (Å²) in [7, 11) is -3.26. The fourth-order valence-electron chi connectivity index (χ4n) is 1.12. The van der Waals surface area contributed by atoms with E-state index >= 15 is 0 Å². The topological polar surface area (TPSA) is 86.2 Å². The van der Waals surface area contributed by atoms with Gasteiger partial charge < -0.3 is 8.94 Å². The average Bonchev–Trinajstić information content (AvgIpc) is 2.83. The Morgan fingerprint density at radius 1 is 1.41 bits per heavy atom. The summed E-state index contributed by atoms with van der Waals surface area (Å²) in [5.41, 5.74) is 0. The van der Waals surface area contributed by atoms with Crippen LogP contribution in [0.4, 0.5) is 0 Å². The molecule has 6 nitrogen and oxygen atoms in total. The molecule has 0 fully saturated rings. The quantitative estimate of drug-likeness (QED) is 0.861. The van der Waals surface area contributed by atoms with E-state index < -0.39 is 15.1 Å². The Morgan fingerprint density at radius 2 is 2.12 bits per heavy atom. The summed E-state index contributed by atoms with van der Waals surface area (Å²) in [6.45, 7) is 1.49. The van der Waals surface area contributed by atoms with Crippen LogP contribution < -0.4 is 0 Å². The normalized spacial score (nSPS) is 13.8. The zero-order chi connectivity index (χ0) is 12.6. The average molecular weight is 321 g/mol. The van der Waals surface area contributed by atoms with E-state index in [0.29, 0.717) is 10.4 Å². The summed E-state index contributed by atoms with van der Waals surface area (Å²) in [6, 6.07) is 3.34. The van der Waals surface area contributed by atoms with Crippen LogP contribution in [0.15, 0.2) is 25.7 Å². The number of hydrogen-bond donors (Lipinski definition) is 0. The van der Waals surface area contributed by atoms with Gasteiger partial charge in [0.2, 0.25) is 11.7 Å². The molecule has 8 heteroatoms. The van der Waals surface area contributed by atoms with Crippen molar-refractivity contribution in [1.82, 2.24) is 10.1 Å². The largest absolute Gasteiger partial charge is 0.446 e. The molecule has 2 aromatic heterocycles. The first-order chi connectivity index (χ1) is 7.88. The summed E-state index contributed by atoms with van der Waals surface area (Å²) >= 11 is 3.15. The van der Waals surface area contributed by atoms with Gasteiger partial charge in [-0.15, -0.1) is 0 Å². The number of furan rings is 1. The van der Waals surface area contributed by atoms with Crippen LogP contribution in [0.1, 0.15) is 18.1 Å². The Bertz CT molecular complexity index is 631. The Hall–Kier alpha value is -1.15. The lowest BCUT2D eigenvalue weighted by Crippen LogP contribution is -2.07. The summed E-state index contributed by atoms with van der Waals surface area (Å²) in [5, 5.41) is 2.84. The van der Waals surface area contributed by atoms with Crippen molar-refractivity contribution in [3.8, 4) is 11.6 Å². The Balaban J connectivity index is 2.34. The highest BCUT2D eigenvalue weighted by Crippen LogP contribution is 2.25. The SMILES string of the molecule is C[C@@H](c1nc(-c2ccc(Br)o2)no1)S(C)(=O)=O. The number of hydrogen-bond acceptors (Lipinski definition) is 6. The van der Waals surface area contributed by atoms with Crippen molar-refractivity contribution in [3.63, 3.8) is 0 Å². The molecular weight excluding hydrogens is 312 g/mol. The second-order valence-electron chi connectivity index (χ2n) is 3.53. The molecule has 0 spiro atoms. The van der Waals surface area contributed by atoms with Gasteiger partial charge in [-0.3, -0.25) is 0 Å². The molecule has 0 aliphatic rings. The van der Waals surface area contributed by atoms with Gasteiger partial charge in [-0.2, -0.15) is 4.98 Å². The molecule has 92 valence electrons. The molecule has 0 radical (unpaired) electrons. The summed E-state index contributed by atoms with van der Waals surface area (Å²) in [6.07, 6.45) is 1.12. The van der Waals surface area contributed by atoms with E-state index in [2.05, 4.69) is 26.1 Å². The van der Waals surface area contributed by atoms with Gasteiger partial charge in [0.25, 0.3) is 0 Å². The fraction of sp³-hybridized carbons (Fsp3) is 0.333. The zero-order valence-electron chi connectivity index (χ0n) is 9.05. The van der Waals surface area contributed by atoms with E-state index in [1.807, 2.05) is 0 Å². The Labute approximate surface area is 106 Å². The van der Waals surface area contributed by atoms with E-state index in [0.717, 1.165) is 6.26 Å². The van der Waals surface area contributed by atoms with E-state index in [4.69, 9.17) is 8.94 Å². The molecule has 1 atom stereocenters. The lowest BCUT2D eigenvalue weighted by Gasteiger charge is -2.01. The van der Waals surface area contributed by atoms with Crippen molar-refractivity contribution < 1.29 is 17.4 Å². The van der Waals surface area contributed by atoms with Crippen molar-refractivity contribution >= 4 is 25.8 Å². The molecule has 0 unspecified atom stereocenters. The second-order valence-corrected chi connectivity index (χ2v) is 6.68. The third kappa shape index (κ3) is 2.58. The van der Waals surface area contributed by atoms with Crippen molar-refractivity contribution in [2.24, 2.45) is 0 Å². The first-order valence-corrected chi connectivity index (χ1v) is 7.41. The van der Waals surface area contributed by atoms with Gasteiger partial charge in [0.05, 0.1) is 0 Å². The van der Waals surface area contributed by atoms with Crippen LogP contribution in [0.25, 0.3) is 11.6 Å². The Morgan fingerprint density at radius 3 is 2.65 bits per heavy atom. The molecule has 2 heterocycles. The molecule has 0 aliphatic heterocycles. The number of aromatic nitrogens is 2. The zero-order valence-corrected chi connectivity index (χ0v) is 11.4. The van der Waals surface area contributed by atoms with Crippen molar-refractivity contribution in [1.29, 1.82) is 0 Å². The number of halogens is 1. The summed E-state index contributed by atoms with van der Waals surface area (Å²) in [5.74, 6) is 0.684. The molecule has 2 aromatic rings.